The normalized spacial score (nSPS) is 13.7. The number of carboxylic acid groups (broad SMARTS) is 1. The van der Waals surface area contributed by atoms with Crippen LogP contribution in [0.3, 0.4) is 0 Å². The van der Waals surface area contributed by atoms with Gasteiger partial charge in [-0.25, -0.2) is 4.79 Å². The Bertz CT molecular complexity index is 534. The van der Waals surface area contributed by atoms with E-state index in [0.717, 1.165) is 11.3 Å². The summed E-state index contributed by atoms with van der Waals surface area (Å²) in [5.74, 6) is -0.697. The molecule has 2 unspecified atom stereocenters. The molecule has 1 rings (SSSR count). The van der Waals surface area contributed by atoms with Crippen LogP contribution in [0.25, 0.3) is 0 Å². The summed E-state index contributed by atoms with van der Waals surface area (Å²) in [5, 5.41) is 20.6. The molecule has 0 aliphatic heterocycles. The molecule has 2 N–H and O–H groups in total. The second-order valence-electron chi connectivity index (χ2n) is 4.89. The molecule has 0 spiro atoms. The molecule has 0 radical (unpaired) electrons. The molecule has 7 heteroatoms. The SMILES string of the molecule is CCc1nnc(NCCC(C)S(C)=O)c(C(=O)O)c1CC. The fourth-order valence-electron chi connectivity index (χ4n) is 2.09. The van der Waals surface area contributed by atoms with Gasteiger partial charge in [-0.05, 0) is 24.8 Å². The highest BCUT2D eigenvalue weighted by atomic mass is 32.2. The number of rotatable bonds is 8. The van der Waals surface area contributed by atoms with Gasteiger partial charge >= 0.3 is 5.97 Å². The third kappa shape index (κ3) is 4.49. The van der Waals surface area contributed by atoms with E-state index >= 15 is 0 Å². The van der Waals surface area contributed by atoms with Gasteiger partial charge < -0.3 is 10.4 Å². The summed E-state index contributed by atoms with van der Waals surface area (Å²) in [6.07, 6.45) is 3.60. The molecule has 0 saturated heterocycles. The second kappa shape index (κ2) is 8.07. The van der Waals surface area contributed by atoms with Crippen LogP contribution in [0.4, 0.5) is 5.82 Å². The lowest BCUT2D eigenvalue weighted by Crippen LogP contribution is -2.19. The van der Waals surface area contributed by atoms with E-state index in [1.165, 1.54) is 0 Å². The van der Waals surface area contributed by atoms with Crippen LogP contribution >= 0.6 is 0 Å². The quantitative estimate of drug-likeness (QED) is 0.761. The minimum Gasteiger partial charge on any atom is -0.478 e. The molecular weight excluding hydrogens is 290 g/mol. The fraction of sp³-hybridized carbons (Fsp3) is 0.643. The third-order valence-corrected chi connectivity index (χ3v) is 4.84. The zero-order chi connectivity index (χ0) is 16.0. The Morgan fingerprint density at radius 1 is 1.33 bits per heavy atom. The molecule has 0 aliphatic rings. The van der Waals surface area contributed by atoms with Crippen molar-refractivity contribution in [2.24, 2.45) is 0 Å². The lowest BCUT2D eigenvalue weighted by Gasteiger charge is -2.14. The van der Waals surface area contributed by atoms with Crippen molar-refractivity contribution in [3.63, 3.8) is 0 Å². The van der Waals surface area contributed by atoms with Crippen molar-refractivity contribution in [1.29, 1.82) is 0 Å². The van der Waals surface area contributed by atoms with E-state index < -0.39 is 16.8 Å². The van der Waals surface area contributed by atoms with Gasteiger partial charge in [-0.3, -0.25) is 4.21 Å². The monoisotopic (exact) mass is 313 g/mol. The van der Waals surface area contributed by atoms with E-state index in [1.54, 1.807) is 6.26 Å². The molecule has 1 aromatic heterocycles. The van der Waals surface area contributed by atoms with Crippen molar-refractivity contribution < 1.29 is 14.1 Å². The zero-order valence-electron chi connectivity index (χ0n) is 13.0. The van der Waals surface area contributed by atoms with E-state index in [0.29, 0.717) is 31.6 Å². The van der Waals surface area contributed by atoms with Crippen molar-refractivity contribution in [2.45, 2.75) is 45.3 Å². The van der Waals surface area contributed by atoms with Gasteiger partial charge in [-0.1, -0.05) is 20.8 Å². The number of carbonyl (C=O) groups is 1. The van der Waals surface area contributed by atoms with E-state index in [-0.39, 0.29) is 10.8 Å². The fourth-order valence-corrected chi connectivity index (χ4v) is 2.54. The van der Waals surface area contributed by atoms with Crippen molar-refractivity contribution in [2.75, 3.05) is 18.1 Å². The zero-order valence-corrected chi connectivity index (χ0v) is 13.8. The molecule has 6 nitrogen and oxygen atoms in total. The molecular formula is C14H23N3O3S. The van der Waals surface area contributed by atoms with Gasteiger partial charge in [-0.15, -0.1) is 5.10 Å². The van der Waals surface area contributed by atoms with Crippen molar-refractivity contribution in [3.05, 3.63) is 16.8 Å². The summed E-state index contributed by atoms with van der Waals surface area (Å²) >= 11 is 0. The largest absolute Gasteiger partial charge is 0.478 e. The highest BCUT2D eigenvalue weighted by Crippen LogP contribution is 2.21. The standard InChI is InChI=1S/C14H23N3O3S/c1-5-10-11(6-2)16-17-13(12(10)14(18)19)15-8-7-9(3)21(4)20/h9H,5-8H2,1-4H3,(H,15,17)(H,18,19). The van der Waals surface area contributed by atoms with E-state index in [1.807, 2.05) is 20.8 Å². The Kier molecular flexibility index (Phi) is 6.74. The first-order valence-electron chi connectivity index (χ1n) is 7.10. The molecule has 0 amide bonds. The van der Waals surface area contributed by atoms with Crippen LogP contribution in [-0.2, 0) is 23.6 Å². The Labute approximate surface area is 127 Å². The van der Waals surface area contributed by atoms with Crippen LogP contribution in [0.2, 0.25) is 0 Å². The van der Waals surface area contributed by atoms with E-state index in [9.17, 15) is 14.1 Å². The number of nitrogens with one attached hydrogen (secondary N) is 1. The average molecular weight is 313 g/mol. The van der Waals surface area contributed by atoms with Crippen LogP contribution < -0.4 is 5.32 Å². The van der Waals surface area contributed by atoms with Crippen molar-refractivity contribution in [3.8, 4) is 0 Å². The van der Waals surface area contributed by atoms with Crippen molar-refractivity contribution in [1.82, 2.24) is 10.2 Å². The summed E-state index contributed by atoms with van der Waals surface area (Å²) < 4.78 is 11.3. The van der Waals surface area contributed by atoms with Gasteiger partial charge in [0.1, 0.15) is 5.56 Å². The van der Waals surface area contributed by atoms with E-state index in [2.05, 4.69) is 15.5 Å². The van der Waals surface area contributed by atoms with Gasteiger partial charge in [-0.2, -0.15) is 5.10 Å². The maximum atomic E-state index is 11.5. The second-order valence-corrected chi connectivity index (χ2v) is 6.69. The highest BCUT2D eigenvalue weighted by Gasteiger charge is 2.20. The Balaban J connectivity index is 2.97. The molecule has 21 heavy (non-hydrogen) atoms. The maximum absolute atomic E-state index is 11.5. The smallest absolute Gasteiger partial charge is 0.339 e. The molecule has 1 aromatic rings. The number of hydrogen-bond donors (Lipinski definition) is 2. The Morgan fingerprint density at radius 2 is 2.00 bits per heavy atom. The molecule has 0 aromatic carbocycles. The van der Waals surface area contributed by atoms with Crippen LogP contribution in [-0.4, -0.2) is 43.5 Å². The topological polar surface area (TPSA) is 92.2 Å². The van der Waals surface area contributed by atoms with Crippen LogP contribution in [0.15, 0.2) is 0 Å². The number of aromatic nitrogens is 2. The minimum absolute atomic E-state index is 0.0549. The highest BCUT2D eigenvalue weighted by molar-refractivity contribution is 7.84. The summed E-state index contributed by atoms with van der Waals surface area (Å²) in [5.41, 5.74) is 1.66. The first-order chi connectivity index (χ1) is 9.92. The van der Waals surface area contributed by atoms with Crippen LogP contribution in [0, 0.1) is 0 Å². The predicted molar refractivity (Wildman–Crippen MR) is 84.4 cm³/mol. The number of nitrogens with zero attached hydrogens (tertiary/aromatic N) is 2. The lowest BCUT2D eigenvalue weighted by atomic mass is 10.0. The van der Waals surface area contributed by atoms with Crippen molar-refractivity contribution >= 4 is 22.6 Å². The molecule has 0 aliphatic carbocycles. The molecule has 0 fully saturated rings. The maximum Gasteiger partial charge on any atom is 0.339 e. The number of hydrogen-bond acceptors (Lipinski definition) is 5. The lowest BCUT2D eigenvalue weighted by molar-refractivity contribution is 0.0696. The Morgan fingerprint density at radius 3 is 2.48 bits per heavy atom. The molecule has 0 saturated carbocycles. The minimum atomic E-state index is -0.994. The van der Waals surface area contributed by atoms with Crippen LogP contribution in [0.5, 0.6) is 0 Å². The molecule has 1 heterocycles. The number of carboxylic acids is 1. The number of aromatic carboxylic acids is 1. The van der Waals surface area contributed by atoms with Gasteiger partial charge in [0.15, 0.2) is 5.82 Å². The summed E-state index contributed by atoms with van der Waals surface area (Å²) in [4.78, 5) is 11.5. The van der Waals surface area contributed by atoms with Gasteiger partial charge in [0.2, 0.25) is 0 Å². The van der Waals surface area contributed by atoms with Crippen LogP contribution in [0.1, 0.15) is 48.8 Å². The van der Waals surface area contributed by atoms with Gasteiger partial charge in [0.25, 0.3) is 0 Å². The summed E-state index contributed by atoms with van der Waals surface area (Å²) in [7, 11) is -0.886. The average Bonchev–Trinajstić information content (AvgIpc) is 2.45. The summed E-state index contributed by atoms with van der Waals surface area (Å²) in [6.45, 7) is 6.26. The molecule has 2 atom stereocenters. The van der Waals surface area contributed by atoms with Gasteiger partial charge in [0.05, 0.1) is 5.69 Å². The number of aryl methyl sites for hydroxylation is 1. The first-order valence-corrected chi connectivity index (χ1v) is 8.72. The molecule has 0 bridgehead atoms. The predicted octanol–water partition coefficient (Wildman–Crippen LogP) is 1.87. The third-order valence-electron chi connectivity index (χ3n) is 3.47. The molecule has 118 valence electrons. The summed E-state index contributed by atoms with van der Waals surface area (Å²) in [6, 6.07) is 0. The number of anilines is 1. The first kappa shape index (κ1) is 17.6. The van der Waals surface area contributed by atoms with Gasteiger partial charge in [0, 0.05) is 28.9 Å². The Hall–Kier alpha value is -1.50. The van der Waals surface area contributed by atoms with E-state index in [4.69, 9.17) is 0 Å².